The topological polar surface area (TPSA) is 49.3 Å². The first-order valence-corrected chi connectivity index (χ1v) is 6.11. The molecule has 0 saturated carbocycles. The first-order valence-electron chi connectivity index (χ1n) is 5.32. The first-order chi connectivity index (χ1) is 7.91. The van der Waals surface area contributed by atoms with Gasteiger partial charge in [0.25, 0.3) is 0 Å². The van der Waals surface area contributed by atoms with E-state index in [1.54, 1.807) is 12.1 Å². The van der Waals surface area contributed by atoms with E-state index in [1.807, 2.05) is 13.8 Å². The van der Waals surface area contributed by atoms with Crippen molar-refractivity contribution in [3.63, 3.8) is 0 Å². The minimum absolute atomic E-state index is 0.0530. The summed E-state index contributed by atoms with van der Waals surface area (Å²) in [5.41, 5.74) is 0.450. The summed E-state index contributed by atoms with van der Waals surface area (Å²) in [5.74, 6) is -1.31. The van der Waals surface area contributed by atoms with Gasteiger partial charge in [0.15, 0.2) is 0 Å². The molecule has 0 aliphatic heterocycles. The molecular formula is C12H15BrFNO2. The molecule has 0 saturated heterocycles. The Morgan fingerprint density at radius 3 is 2.71 bits per heavy atom. The Hall–Kier alpha value is -0.940. The predicted octanol–water partition coefficient (Wildman–Crippen LogP) is 2.79. The highest BCUT2D eigenvalue weighted by atomic mass is 79.9. The van der Waals surface area contributed by atoms with Crippen LogP contribution in [0.5, 0.6) is 0 Å². The maximum atomic E-state index is 13.4. The van der Waals surface area contributed by atoms with Crippen molar-refractivity contribution >= 4 is 21.9 Å². The third-order valence-electron chi connectivity index (χ3n) is 2.45. The average Bonchev–Trinajstić information content (AvgIpc) is 2.22. The fraction of sp³-hybridized carbons (Fsp3) is 0.417. The summed E-state index contributed by atoms with van der Waals surface area (Å²) in [7, 11) is 0. The molecule has 1 atom stereocenters. The number of carboxylic acids is 1. The normalized spacial score (nSPS) is 12.8. The second-order valence-corrected chi connectivity index (χ2v) is 5.09. The zero-order valence-corrected chi connectivity index (χ0v) is 11.3. The molecule has 1 aromatic carbocycles. The lowest BCUT2D eigenvalue weighted by molar-refractivity contribution is -0.140. The Kier molecular flexibility index (Phi) is 5.08. The summed E-state index contributed by atoms with van der Waals surface area (Å²) in [6.45, 7) is 3.81. The van der Waals surface area contributed by atoms with Crippen molar-refractivity contribution in [1.29, 1.82) is 0 Å². The SMILES string of the molecule is CC(C)C(NCc1cc(Br)ccc1F)C(=O)O. The van der Waals surface area contributed by atoms with Crippen LogP contribution < -0.4 is 5.32 Å². The second kappa shape index (κ2) is 6.12. The van der Waals surface area contributed by atoms with E-state index >= 15 is 0 Å². The van der Waals surface area contributed by atoms with Gasteiger partial charge in [-0.25, -0.2) is 4.39 Å². The number of carboxylic acid groups (broad SMARTS) is 1. The Morgan fingerprint density at radius 2 is 2.18 bits per heavy atom. The van der Waals surface area contributed by atoms with E-state index in [1.165, 1.54) is 6.07 Å². The molecule has 2 N–H and O–H groups in total. The smallest absolute Gasteiger partial charge is 0.320 e. The molecule has 5 heteroatoms. The van der Waals surface area contributed by atoms with Crippen molar-refractivity contribution in [3.8, 4) is 0 Å². The number of hydrogen-bond acceptors (Lipinski definition) is 2. The van der Waals surface area contributed by atoms with E-state index in [2.05, 4.69) is 21.2 Å². The summed E-state index contributed by atoms with van der Waals surface area (Å²) < 4.78 is 14.2. The summed E-state index contributed by atoms with van der Waals surface area (Å²) >= 11 is 3.25. The minimum atomic E-state index is -0.921. The number of halogens is 2. The summed E-state index contributed by atoms with van der Waals surface area (Å²) in [4.78, 5) is 10.9. The van der Waals surface area contributed by atoms with Gasteiger partial charge >= 0.3 is 5.97 Å². The van der Waals surface area contributed by atoms with Crippen molar-refractivity contribution in [1.82, 2.24) is 5.32 Å². The van der Waals surface area contributed by atoms with Crippen LogP contribution in [0.2, 0.25) is 0 Å². The standard InChI is InChI=1S/C12H15BrFNO2/c1-7(2)11(12(16)17)15-6-8-5-9(13)3-4-10(8)14/h3-5,7,11,15H,6H2,1-2H3,(H,16,17). The van der Waals surface area contributed by atoms with E-state index in [4.69, 9.17) is 5.11 Å². The number of aliphatic carboxylic acids is 1. The molecule has 1 rings (SSSR count). The fourth-order valence-electron chi connectivity index (χ4n) is 1.51. The fourth-order valence-corrected chi connectivity index (χ4v) is 1.92. The van der Waals surface area contributed by atoms with Crippen molar-refractivity contribution in [3.05, 3.63) is 34.1 Å². The van der Waals surface area contributed by atoms with Crippen LogP contribution in [-0.2, 0) is 11.3 Å². The monoisotopic (exact) mass is 303 g/mol. The van der Waals surface area contributed by atoms with E-state index in [0.29, 0.717) is 5.56 Å². The highest BCUT2D eigenvalue weighted by Gasteiger charge is 2.20. The van der Waals surface area contributed by atoms with Crippen LogP contribution in [-0.4, -0.2) is 17.1 Å². The van der Waals surface area contributed by atoms with Gasteiger partial charge in [0, 0.05) is 16.6 Å². The van der Waals surface area contributed by atoms with Gasteiger partial charge in [0.05, 0.1) is 0 Å². The Balaban J connectivity index is 2.72. The number of rotatable bonds is 5. The molecule has 0 aliphatic carbocycles. The second-order valence-electron chi connectivity index (χ2n) is 4.18. The molecule has 0 bridgehead atoms. The third-order valence-corrected chi connectivity index (χ3v) is 2.95. The highest BCUT2D eigenvalue weighted by molar-refractivity contribution is 9.10. The van der Waals surface area contributed by atoms with Crippen LogP contribution in [0.25, 0.3) is 0 Å². The lowest BCUT2D eigenvalue weighted by Gasteiger charge is -2.18. The maximum absolute atomic E-state index is 13.4. The average molecular weight is 304 g/mol. The Bertz CT molecular complexity index is 409. The van der Waals surface area contributed by atoms with Gasteiger partial charge in [0.1, 0.15) is 11.9 Å². The van der Waals surface area contributed by atoms with E-state index in [-0.39, 0.29) is 18.3 Å². The quantitative estimate of drug-likeness (QED) is 0.879. The molecule has 0 aliphatic rings. The first kappa shape index (κ1) is 14.1. The number of hydrogen-bond donors (Lipinski definition) is 2. The molecular weight excluding hydrogens is 289 g/mol. The summed E-state index contributed by atoms with van der Waals surface area (Å²) in [5, 5.41) is 11.8. The van der Waals surface area contributed by atoms with E-state index in [9.17, 15) is 9.18 Å². The molecule has 1 unspecified atom stereocenters. The molecule has 3 nitrogen and oxygen atoms in total. The van der Waals surface area contributed by atoms with Crippen LogP contribution in [0.1, 0.15) is 19.4 Å². The molecule has 0 amide bonds. The Labute approximate surface area is 108 Å². The van der Waals surface area contributed by atoms with Gasteiger partial charge in [-0.15, -0.1) is 0 Å². The van der Waals surface area contributed by atoms with Crippen molar-refractivity contribution in [2.24, 2.45) is 5.92 Å². The van der Waals surface area contributed by atoms with Crippen LogP contribution in [0.3, 0.4) is 0 Å². The minimum Gasteiger partial charge on any atom is -0.480 e. The van der Waals surface area contributed by atoms with Crippen LogP contribution in [0, 0.1) is 11.7 Å². The van der Waals surface area contributed by atoms with Gasteiger partial charge < -0.3 is 5.11 Å². The molecule has 1 aromatic rings. The zero-order valence-electron chi connectivity index (χ0n) is 9.71. The van der Waals surface area contributed by atoms with Crippen molar-refractivity contribution in [2.45, 2.75) is 26.4 Å². The predicted molar refractivity (Wildman–Crippen MR) is 67.2 cm³/mol. The van der Waals surface area contributed by atoms with E-state index < -0.39 is 12.0 Å². The van der Waals surface area contributed by atoms with Gasteiger partial charge in [-0.3, -0.25) is 10.1 Å². The molecule has 94 valence electrons. The third kappa shape index (κ3) is 4.09. The lowest BCUT2D eigenvalue weighted by Crippen LogP contribution is -2.40. The molecule has 17 heavy (non-hydrogen) atoms. The zero-order chi connectivity index (χ0) is 13.0. The number of benzene rings is 1. The van der Waals surface area contributed by atoms with E-state index in [0.717, 1.165) is 4.47 Å². The van der Waals surface area contributed by atoms with Crippen LogP contribution in [0.4, 0.5) is 4.39 Å². The largest absolute Gasteiger partial charge is 0.480 e. The summed E-state index contributed by atoms with van der Waals surface area (Å²) in [6, 6.07) is 3.93. The summed E-state index contributed by atoms with van der Waals surface area (Å²) in [6.07, 6.45) is 0. The molecule has 0 aromatic heterocycles. The van der Waals surface area contributed by atoms with Gasteiger partial charge in [0.2, 0.25) is 0 Å². The Morgan fingerprint density at radius 1 is 1.53 bits per heavy atom. The highest BCUT2D eigenvalue weighted by Crippen LogP contribution is 2.16. The molecule has 0 heterocycles. The number of carbonyl (C=O) groups is 1. The molecule has 0 fully saturated rings. The lowest BCUT2D eigenvalue weighted by atomic mass is 10.0. The van der Waals surface area contributed by atoms with Crippen LogP contribution in [0.15, 0.2) is 22.7 Å². The number of nitrogens with one attached hydrogen (secondary N) is 1. The van der Waals surface area contributed by atoms with Gasteiger partial charge in [-0.2, -0.15) is 0 Å². The van der Waals surface area contributed by atoms with Crippen LogP contribution >= 0.6 is 15.9 Å². The van der Waals surface area contributed by atoms with Gasteiger partial charge in [-0.05, 0) is 24.1 Å². The van der Waals surface area contributed by atoms with Gasteiger partial charge in [-0.1, -0.05) is 29.8 Å². The molecule has 0 radical (unpaired) electrons. The molecule has 0 spiro atoms. The van der Waals surface area contributed by atoms with Crippen molar-refractivity contribution in [2.75, 3.05) is 0 Å². The maximum Gasteiger partial charge on any atom is 0.320 e. The van der Waals surface area contributed by atoms with Crippen molar-refractivity contribution < 1.29 is 14.3 Å².